The van der Waals surface area contributed by atoms with E-state index in [2.05, 4.69) is 0 Å². The molecule has 0 saturated carbocycles. The van der Waals surface area contributed by atoms with Crippen molar-refractivity contribution in [1.29, 1.82) is 0 Å². The van der Waals surface area contributed by atoms with Gasteiger partial charge >= 0.3 is 5.97 Å². The number of aryl methyl sites for hydroxylation is 1. The largest absolute Gasteiger partial charge is 0.486 e. The molecule has 3 heteroatoms. The first-order chi connectivity index (χ1) is 8.44. The number of carbonyl (C=O) groups excluding carboxylic acids is 1. The molecule has 0 fully saturated rings. The van der Waals surface area contributed by atoms with Crippen LogP contribution in [0.25, 0.3) is 0 Å². The Morgan fingerprint density at radius 2 is 1.94 bits per heavy atom. The summed E-state index contributed by atoms with van der Waals surface area (Å²) in [6, 6.07) is 3.71. The van der Waals surface area contributed by atoms with Crippen molar-refractivity contribution in [1.82, 2.24) is 0 Å². The van der Waals surface area contributed by atoms with Gasteiger partial charge in [0.2, 0.25) is 0 Å². The van der Waals surface area contributed by atoms with Gasteiger partial charge in [0.25, 0.3) is 0 Å². The van der Waals surface area contributed by atoms with Crippen LogP contribution in [0, 0.1) is 6.92 Å². The van der Waals surface area contributed by atoms with Crippen LogP contribution in [0.2, 0.25) is 0 Å². The van der Waals surface area contributed by atoms with Crippen molar-refractivity contribution in [2.24, 2.45) is 0 Å². The normalized spacial score (nSPS) is 15.0. The van der Waals surface area contributed by atoms with Gasteiger partial charge < -0.3 is 9.47 Å². The molecular formula is C15H22O3. The zero-order valence-corrected chi connectivity index (χ0v) is 12.1. The first kappa shape index (κ1) is 14.6. The molecule has 0 aromatic heterocycles. The van der Waals surface area contributed by atoms with E-state index in [0.29, 0.717) is 11.3 Å². The van der Waals surface area contributed by atoms with Crippen molar-refractivity contribution in [3.8, 4) is 5.75 Å². The smallest absolute Gasteiger partial charge is 0.341 e. The number of hydrogen-bond acceptors (Lipinski definition) is 3. The number of fused-ring (bicyclic) bond motifs is 1. The molecule has 1 aromatic rings. The fourth-order valence-electron chi connectivity index (χ4n) is 2.07. The van der Waals surface area contributed by atoms with Gasteiger partial charge in [0.15, 0.2) is 0 Å². The Kier molecular flexibility index (Phi) is 4.38. The molecule has 0 unspecified atom stereocenters. The second kappa shape index (κ2) is 5.42. The lowest BCUT2D eigenvalue weighted by molar-refractivity contribution is 0.0590. The molecule has 1 aliphatic heterocycles. The van der Waals surface area contributed by atoms with Gasteiger partial charge in [0.1, 0.15) is 16.9 Å². The fraction of sp³-hybridized carbons (Fsp3) is 0.533. The van der Waals surface area contributed by atoms with E-state index in [1.807, 2.05) is 40.7 Å². The number of hydrogen-bond donors (Lipinski definition) is 0. The van der Waals surface area contributed by atoms with Gasteiger partial charge in [-0.25, -0.2) is 4.79 Å². The van der Waals surface area contributed by atoms with Crippen LogP contribution < -0.4 is 4.74 Å². The first-order valence-corrected chi connectivity index (χ1v) is 6.34. The van der Waals surface area contributed by atoms with Gasteiger partial charge in [-0.2, -0.15) is 0 Å². The Hall–Kier alpha value is -1.51. The zero-order valence-electron chi connectivity index (χ0n) is 12.1. The number of carbonyl (C=O) groups is 1. The molecule has 0 spiro atoms. The van der Waals surface area contributed by atoms with Crippen molar-refractivity contribution < 1.29 is 14.3 Å². The molecule has 0 bridgehead atoms. The third-order valence-corrected chi connectivity index (χ3v) is 2.88. The zero-order chi connectivity index (χ0) is 13.9. The van der Waals surface area contributed by atoms with Crippen LogP contribution in [0.3, 0.4) is 0 Å². The molecule has 2 rings (SSSR count). The lowest BCUT2D eigenvalue weighted by Crippen LogP contribution is -2.25. The summed E-state index contributed by atoms with van der Waals surface area (Å²) < 4.78 is 10.6. The quantitative estimate of drug-likeness (QED) is 0.715. The number of esters is 1. The van der Waals surface area contributed by atoms with Crippen molar-refractivity contribution >= 4 is 5.97 Å². The second-order valence-corrected chi connectivity index (χ2v) is 4.77. The molecule has 0 saturated heterocycles. The monoisotopic (exact) mass is 250 g/mol. The van der Waals surface area contributed by atoms with Crippen LogP contribution in [0.1, 0.15) is 49.2 Å². The molecule has 0 amide bonds. The molecule has 18 heavy (non-hydrogen) atoms. The SMILES string of the molecule is CC.COC(=O)c1ccc(C)c2c1OC(C)(C)C2. The predicted octanol–water partition coefficient (Wildman–Crippen LogP) is 3.52. The van der Waals surface area contributed by atoms with Crippen LogP contribution in [0.4, 0.5) is 0 Å². The van der Waals surface area contributed by atoms with E-state index >= 15 is 0 Å². The molecule has 0 radical (unpaired) electrons. The summed E-state index contributed by atoms with van der Waals surface area (Å²) in [6.45, 7) is 10.1. The Balaban J connectivity index is 0.000000771. The average Bonchev–Trinajstić information content (AvgIpc) is 2.67. The van der Waals surface area contributed by atoms with E-state index in [1.165, 1.54) is 7.11 Å². The molecule has 1 aliphatic rings. The lowest BCUT2D eigenvalue weighted by Gasteiger charge is -2.17. The van der Waals surface area contributed by atoms with Crippen LogP contribution in [0.15, 0.2) is 12.1 Å². The van der Waals surface area contributed by atoms with E-state index in [-0.39, 0.29) is 11.6 Å². The Morgan fingerprint density at radius 3 is 2.50 bits per heavy atom. The maximum absolute atomic E-state index is 11.6. The Labute approximate surface area is 109 Å². The van der Waals surface area contributed by atoms with Crippen LogP contribution in [-0.4, -0.2) is 18.7 Å². The van der Waals surface area contributed by atoms with Gasteiger partial charge in [-0.3, -0.25) is 0 Å². The maximum Gasteiger partial charge on any atom is 0.341 e. The van der Waals surface area contributed by atoms with Gasteiger partial charge in [0.05, 0.1) is 7.11 Å². The predicted molar refractivity (Wildman–Crippen MR) is 72.3 cm³/mol. The molecule has 0 N–H and O–H groups in total. The van der Waals surface area contributed by atoms with E-state index in [1.54, 1.807) is 6.07 Å². The highest BCUT2D eigenvalue weighted by Gasteiger charge is 2.34. The number of benzene rings is 1. The Morgan fingerprint density at radius 1 is 1.33 bits per heavy atom. The van der Waals surface area contributed by atoms with Crippen molar-refractivity contribution in [2.75, 3.05) is 7.11 Å². The summed E-state index contributed by atoms with van der Waals surface area (Å²) in [6.07, 6.45) is 0.832. The molecule has 0 aliphatic carbocycles. The van der Waals surface area contributed by atoms with Gasteiger partial charge in [-0.1, -0.05) is 19.9 Å². The summed E-state index contributed by atoms with van der Waals surface area (Å²) in [4.78, 5) is 11.6. The number of rotatable bonds is 1. The van der Waals surface area contributed by atoms with Gasteiger partial charge in [0, 0.05) is 12.0 Å². The van der Waals surface area contributed by atoms with E-state index in [9.17, 15) is 4.79 Å². The standard InChI is InChI=1S/C13H16O3.C2H6/c1-8-5-6-9(12(14)15-4)11-10(8)7-13(2,3)16-11;1-2/h5-6H,7H2,1-4H3;1-2H3. The van der Waals surface area contributed by atoms with Crippen LogP contribution in [-0.2, 0) is 11.2 Å². The number of ether oxygens (including phenoxy) is 2. The molecule has 1 aromatic carbocycles. The van der Waals surface area contributed by atoms with E-state index in [4.69, 9.17) is 9.47 Å². The van der Waals surface area contributed by atoms with Crippen molar-refractivity contribution in [3.63, 3.8) is 0 Å². The summed E-state index contributed by atoms with van der Waals surface area (Å²) in [5.41, 5.74) is 2.56. The minimum absolute atomic E-state index is 0.239. The molecule has 100 valence electrons. The van der Waals surface area contributed by atoms with E-state index < -0.39 is 0 Å². The average molecular weight is 250 g/mol. The molecular weight excluding hydrogens is 228 g/mol. The third-order valence-electron chi connectivity index (χ3n) is 2.88. The fourth-order valence-corrected chi connectivity index (χ4v) is 2.07. The molecule has 3 nitrogen and oxygen atoms in total. The summed E-state index contributed by atoms with van der Waals surface area (Å²) >= 11 is 0. The van der Waals surface area contributed by atoms with Gasteiger partial charge in [-0.15, -0.1) is 0 Å². The van der Waals surface area contributed by atoms with Crippen LogP contribution in [0.5, 0.6) is 5.75 Å². The lowest BCUT2D eigenvalue weighted by atomic mass is 9.96. The topological polar surface area (TPSA) is 35.5 Å². The summed E-state index contributed by atoms with van der Waals surface area (Å²) in [7, 11) is 1.38. The van der Waals surface area contributed by atoms with E-state index in [0.717, 1.165) is 17.5 Å². The first-order valence-electron chi connectivity index (χ1n) is 6.34. The highest BCUT2D eigenvalue weighted by atomic mass is 16.5. The summed E-state index contributed by atoms with van der Waals surface area (Å²) in [5, 5.41) is 0. The molecule has 0 atom stereocenters. The minimum Gasteiger partial charge on any atom is -0.486 e. The second-order valence-electron chi connectivity index (χ2n) is 4.77. The van der Waals surface area contributed by atoms with Crippen molar-refractivity contribution in [2.45, 2.75) is 46.6 Å². The molecule has 1 heterocycles. The maximum atomic E-state index is 11.6. The number of methoxy groups -OCH3 is 1. The third kappa shape index (κ3) is 2.66. The highest BCUT2D eigenvalue weighted by molar-refractivity contribution is 5.93. The highest BCUT2D eigenvalue weighted by Crippen LogP contribution is 2.39. The van der Waals surface area contributed by atoms with Gasteiger partial charge in [-0.05, 0) is 32.4 Å². The summed E-state index contributed by atoms with van der Waals surface area (Å²) in [5.74, 6) is 0.353. The van der Waals surface area contributed by atoms with Crippen molar-refractivity contribution in [3.05, 3.63) is 28.8 Å². The Bertz CT molecular complexity index is 447. The van der Waals surface area contributed by atoms with Crippen LogP contribution >= 0.6 is 0 Å². The minimum atomic E-state index is -0.339.